The van der Waals surface area contributed by atoms with Gasteiger partial charge in [-0.2, -0.15) is 0 Å². The third-order valence-corrected chi connectivity index (χ3v) is 5.15. The van der Waals surface area contributed by atoms with Crippen molar-refractivity contribution in [3.63, 3.8) is 0 Å². The Labute approximate surface area is 125 Å². The van der Waals surface area contributed by atoms with Crippen LogP contribution >= 0.6 is 11.6 Å². The highest BCUT2D eigenvalue weighted by molar-refractivity contribution is 6.33. The number of benzene rings is 1. The summed E-state index contributed by atoms with van der Waals surface area (Å²) in [5.74, 6) is 1.50. The van der Waals surface area contributed by atoms with E-state index in [-0.39, 0.29) is 5.41 Å². The van der Waals surface area contributed by atoms with Crippen LogP contribution in [0.25, 0.3) is 0 Å². The van der Waals surface area contributed by atoms with Crippen LogP contribution in [0.15, 0.2) is 6.07 Å². The number of ether oxygens (including phenoxy) is 2. The highest BCUT2D eigenvalue weighted by atomic mass is 35.5. The van der Waals surface area contributed by atoms with Crippen LogP contribution < -0.4 is 15.2 Å². The molecule has 4 heteroatoms. The van der Waals surface area contributed by atoms with Crippen LogP contribution in [-0.4, -0.2) is 19.8 Å². The van der Waals surface area contributed by atoms with Gasteiger partial charge >= 0.3 is 0 Å². The van der Waals surface area contributed by atoms with Crippen molar-refractivity contribution in [1.29, 1.82) is 0 Å². The summed E-state index contributed by atoms with van der Waals surface area (Å²) in [6, 6.07) is 2.14. The fourth-order valence-corrected chi connectivity index (χ4v) is 4.02. The molecule has 20 heavy (non-hydrogen) atoms. The van der Waals surface area contributed by atoms with Crippen molar-refractivity contribution in [2.45, 2.75) is 44.4 Å². The number of nitrogens with two attached hydrogens (primary N) is 1. The zero-order valence-corrected chi connectivity index (χ0v) is 12.8. The first-order valence-corrected chi connectivity index (χ1v) is 7.91. The van der Waals surface area contributed by atoms with Gasteiger partial charge in [0.25, 0.3) is 0 Å². The van der Waals surface area contributed by atoms with Crippen molar-refractivity contribution in [3.8, 4) is 11.5 Å². The smallest absolute Gasteiger partial charge is 0.180 e. The van der Waals surface area contributed by atoms with Gasteiger partial charge < -0.3 is 15.2 Å². The van der Waals surface area contributed by atoms with Crippen molar-refractivity contribution in [1.82, 2.24) is 0 Å². The summed E-state index contributed by atoms with van der Waals surface area (Å²) in [4.78, 5) is 0. The third kappa shape index (κ3) is 2.08. The first-order chi connectivity index (χ1) is 9.72. The molecular weight excluding hydrogens is 274 g/mol. The number of hydrogen-bond acceptors (Lipinski definition) is 3. The van der Waals surface area contributed by atoms with Crippen LogP contribution in [0.1, 0.15) is 43.7 Å². The molecule has 0 amide bonds. The average Bonchev–Trinajstić information content (AvgIpc) is 2.97. The zero-order valence-electron chi connectivity index (χ0n) is 12.0. The molecule has 2 aliphatic rings. The maximum atomic E-state index is 6.58. The van der Waals surface area contributed by atoms with Crippen molar-refractivity contribution < 1.29 is 9.47 Å². The van der Waals surface area contributed by atoms with Crippen LogP contribution in [0, 0.1) is 0 Å². The molecule has 1 aromatic carbocycles. The van der Waals surface area contributed by atoms with Gasteiger partial charge in [0.1, 0.15) is 13.2 Å². The van der Waals surface area contributed by atoms with Crippen molar-refractivity contribution in [2.75, 3.05) is 19.8 Å². The van der Waals surface area contributed by atoms with E-state index in [1.807, 2.05) is 0 Å². The van der Waals surface area contributed by atoms with Crippen LogP contribution in [0.3, 0.4) is 0 Å². The Morgan fingerprint density at radius 3 is 2.60 bits per heavy atom. The van der Waals surface area contributed by atoms with Crippen LogP contribution in [0.2, 0.25) is 5.02 Å². The topological polar surface area (TPSA) is 44.5 Å². The maximum Gasteiger partial charge on any atom is 0.180 e. The van der Waals surface area contributed by atoms with Gasteiger partial charge in [0.05, 0.1) is 5.02 Å². The SMILES string of the molecule is CCc1c(C2(CN)CCCC2)cc2c(c1Cl)OCCO2. The molecule has 1 aliphatic carbocycles. The molecule has 0 atom stereocenters. The Bertz CT molecular complexity index is 510. The minimum atomic E-state index is 0.0742. The number of rotatable bonds is 3. The Balaban J connectivity index is 2.16. The molecule has 1 heterocycles. The normalized spacial score (nSPS) is 20.1. The molecular formula is C16H22ClNO2. The van der Waals surface area contributed by atoms with Crippen LogP contribution in [0.5, 0.6) is 11.5 Å². The largest absolute Gasteiger partial charge is 0.486 e. The summed E-state index contributed by atoms with van der Waals surface area (Å²) in [6.07, 6.45) is 5.67. The molecule has 0 spiro atoms. The minimum absolute atomic E-state index is 0.0742. The van der Waals surface area contributed by atoms with Gasteiger partial charge in [0.15, 0.2) is 11.5 Å². The second kappa shape index (κ2) is 5.45. The molecule has 110 valence electrons. The molecule has 1 saturated carbocycles. The van der Waals surface area contributed by atoms with Crippen molar-refractivity contribution in [2.24, 2.45) is 5.73 Å². The molecule has 0 unspecified atom stereocenters. The second-order valence-corrected chi connectivity index (χ2v) is 6.16. The monoisotopic (exact) mass is 295 g/mol. The minimum Gasteiger partial charge on any atom is -0.486 e. The molecule has 0 bridgehead atoms. The van der Waals surface area contributed by atoms with E-state index in [1.165, 1.54) is 24.0 Å². The molecule has 1 aromatic rings. The lowest BCUT2D eigenvalue weighted by Crippen LogP contribution is -2.33. The number of halogens is 1. The lowest BCUT2D eigenvalue weighted by atomic mass is 9.76. The second-order valence-electron chi connectivity index (χ2n) is 5.79. The standard InChI is InChI=1S/C16H22ClNO2/c1-2-11-12(16(10-18)5-3-4-6-16)9-13-15(14(11)17)20-8-7-19-13/h9H,2-8,10,18H2,1H3. The fourth-order valence-electron chi connectivity index (χ4n) is 3.64. The van der Waals surface area contributed by atoms with Crippen LogP contribution in [-0.2, 0) is 11.8 Å². The molecule has 0 saturated heterocycles. The summed E-state index contributed by atoms with van der Waals surface area (Å²) in [5.41, 5.74) is 8.68. The lowest BCUT2D eigenvalue weighted by molar-refractivity contribution is 0.171. The van der Waals surface area contributed by atoms with E-state index in [0.717, 1.165) is 30.0 Å². The summed E-state index contributed by atoms with van der Waals surface area (Å²) in [6.45, 7) is 3.97. The summed E-state index contributed by atoms with van der Waals surface area (Å²) in [5, 5.41) is 0.722. The molecule has 0 aromatic heterocycles. The van der Waals surface area contributed by atoms with Gasteiger partial charge in [-0.3, -0.25) is 0 Å². The van der Waals surface area contributed by atoms with E-state index in [0.29, 0.717) is 25.5 Å². The van der Waals surface area contributed by atoms with Crippen molar-refractivity contribution >= 4 is 11.6 Å². The molecule has 2 N–H and O–H groups in total. The van der Waals surface area contributed by atoms with Gasteiger partial charge in [-0.1, -0.05) is 31.4 Å². The van der Waals surface area contributed by atoms with E-state index in [9.17, 15) is 0 Å². The van der Waals surface area contributed by atoms with E-state index < -0.39 is 0 Å². The lowest BCUT2D eigenvalue weighted by Gasteiger charge is -2.33. The highest BCUT2D eigenvalue weighted by Gasteiger charge is 2.38. The van der Waals surface area contributed by atoms with Crippen molar-refractivity contribution in [3.05, 3.63) is 22.2 Å². The third-order valence-electron chi connectivity index (χ3n) is 4.75. The number of hydrogen-bond donors (Lipinski definition) is 1. The quantitative estimate of drug-likeness (QED) is 0.929. The first-order valence-electron chi connectivity index (χ1n) is 7.53. The Morgan fingerprint density at radius 1 is 1.25 bits per heavy atom. The van der Waals surface area contributed by atoms with Gasteiger partial charge in [0, 0.05) is 12.0 Å². The summed E-state index contributed by atoms with van der Waals surface area (Å²) >= 11 is 6.58. The van der Waals surface area contributed by atoms with Gasteiger partial charge in [0.2, 0.25) is 0 Å². The van der Waals surface area contributed by atoms with E-state index in [4.69, 9.17) is 26.8 Å². The maximum absolute atomic E-state index is 6.58. The van der Waals surface area contributed by atoms with Crippen LogP contribution in [0.4, 0.5) is 0 Å². The van der Waals surface area contributed by atoms with Gasteiger partial charge in [-0.25, -0.2) is 0 Å². The molecule has 3 rings (SSSR count). The van der Waals surface area contributed by atoms with E-state index >= 15 is 0 Å². The first kappa shape index (κ1) is 14.0. The molecule has 0 radical (unpaired) electrons. The summed E-state index contributed by atoms with van der Waals surface area (Å²) in [7, 11) is 0. The Hall–Kier alpha value is -0.930. The molecule has 1 aliphatic heterocycles. The average molecular weight is 296 g/mol. The van der Waals surface area contributed by atoms with Gasteiger partial charge in [-0.05, 0) is 36.5 Å². The Kier molecular flexibility index (Phi) is 3.83. The number of fused-ring (bicyclic) bond motifs is 1. The van der Waals surface area contributed by atoms with E-state index in [2.05, 4.69) is 13.0 Å². The van der Waals surface area contributed by atoms with E-state index in [1.54, 1.807) is 0 Å². The fraction of sp³-hybridized carbons (Fsp3) is 0.625. The predicted molar refractivity (Wildman–Crippen MR) is 81.0 cm³/mol. The summed E-state index contributed by atoms with van der Waals surface area (Å²) < 4.78 is 11.4. The zero-order chi connectivity index (χ0) is 14.2. The molecule has 3 nitrogen and oxygen atoms in total. The Morgan fingerprint density at radius 2 is 1.95 bits per heavy atom. The highest BCUT2D eigenvalue weighted by Crippen LogP contribution is 2.49. The predicted octanol–water partition coefficient (Wildman–Crippen LogP) is 3.44. The van der Waals surface area contributed by atoms with Gasteiger partial charge in [-0.15, -0.1) is 0 Å². The molecule has 1 fully saturated rings.